The molecule has 0 atom stereocenters. The van der Waals surface area contributed by atoms with Crippen molar-refractivity contribution in [1.29, 1.82) is 0 Å². The van der Waals surface area contributed by atoms with Crippen LogP contribution < -0.4 is 4.74 Å². The van der Waals surface area contributed by atoms with Crippen molar-refractivity contribution in [3.8, 4) is 5.75 Å². The van der Waals surface area contributed by atoms with Crippen LogP contribution in [-0.2, 0) is 9.53 Å². The number of halogens is 1. The molecule has 1 aromatic rings. The first-order valence-electron chi connectivity index (χ1n) is 4.86. The van der Waals surface area contributed by atoms with E-state index >= 15 is 0 Å². The van der Waals surface area contributed by atoms with E-state index in [-0.39, 0.29) is 11.3 Å². The molecule has 4 heteroatoms. The number of esters is 1. The maximum absolute atomic E-state index is 13.6. The second kappa shape index (κ2) is 5.90. The minimum atomic E-state index is -0.496. The number of ether oxygens (including phenoxy) is 2. The van der Waals surface area contributed by atoms with Gasteiger partial charge in [0.2, 0.25) is 0 Å². The Kier molecular flexibility index (Phi) is 4.51. The van der Waals surface area contributed by atoms with Crippen LogP contribution in [0.4, 0.5) is 4.39 Å². The fourth-order valence-electron chi connectivity index (χ4n) is 1.16. The molecular formula is C12H13FO3. The smallest absolute Gasteiger partial charge is 0.330 e. The van der Waals surface area contributed by atoms with Crippen molar-refractivity contribution in [2.75, 3.05) is 13.7 Å². The first-order valence-corrected chi connectivity index (χ1v) is 4.86. The van der Waals surface area contributed by atoms with Gasteiger partial charge < -0.3 is 9.47 Å². The summed E-state index contributed by atoms with van der Waals surface area (Å²) in [5.74, 6) is -0.846. The number of methoxy groups -OCH3 is 1. The summed E-state index contributed by atoms with van der Waals surface area (Å²) in [5.41, 5.74) is 0.285. The fourth-order valence-corrected chi connectivity index (χ4v) is 1.16. The minimum absolute atomic E-state index is 0.144. The highest BCUT2D eigenvalue weighted by Crippen LogP contribution is 2.20. The molecule has 0 aliphatic heterocycles. The molecule has 1 rings (SSSR count). The summed E-state index contributed by atoms with van der Waals surface area (Å²) in [4.78, 5) is 11.0. The van der Waals surface area contributed by atoms with E-state index in [9.17, 15) is 9.18 Å². The molecule has 3 nitrogen and oxygen atoms in total. The topological polar surface area (TPSA) is 35.5 Å². The third kappa shape index (κ3) is 3.08. The summed E-state index contributed by atoms with van der Waals surface area (Å²) >= 11 is 0. The number of carbonyl (C=O) groups is 1. The Hall–Kier alpha value is -1.84. The van der Waals surface area contributed by atoms with Crippen LogP contribution in [0.15, 0.2) is 24.3 Å². The van der Waals surface area contributed by atoms with Crippen LogP contribution in [0.3, 0.4) is 0 Å². The molecule has 0 aliphatic carbocycles. The van der Waals surface area contributed by atoms with E-state index in [1.165, 1.54) is 25.3 Å². The molecule has 16 heavy (non-hydrogen) atoms. The Balaban J connectivity index is 2.85. The number of carbonyl (C=O) groups excluding carboxylic acids is 1. The lowest BCUT2D eigenvalue weighted by Gasteiger charge is -2.03. The van der Waals surface area contributed by atoms with E-state index in [4.69, 9.17) is 4.74 Å². The molecule has 86 valence electrons. The van der Waals surface area contributed by atoms with Gasteiger partial charge in [0.25, 0.3) is 0 Å². The predicted molar refractivity (Wildman–Crippen MR) is 58.6 cm³/mol. The molecule has 0 radical (unpaired) electrons. The maximum atomic E-state index is 13.6. The standard InChI is InChI=1S/C12H13FO3/c1-3-16-11(14)8-7-9-5-4-6-10(15-2)12(9)13/h4-8H,3H2,1-2H3/b8-7+. The van der Waals surface area contributed by atoms with Crippen molar-refractivity contribution in [1.82, 2.24) is 0 Å². The van der Waals surface area contributed by atoms with Gasteiger partial charge in [-0.25, -0.2) is 9.18 Å². The quantitative estimate of drug-likeness (QED) is 0.582. The molecular weight excluding hydrogens is 211 g/mol. The van der Waals surface area contributed by atoms with Crippen LogP contribution in [0.5, 0.6) is 5.75 Å². The van der Waals surface area contributed by atoms with Gasteiger partial charge in [-0.05, 0) is 19.1 Å². The highest BCUT2D eigenvalue weighted by atomic mass is 19.1. The average Bonchev–Trinajstić information content (AvgIpc) is 2.28. The molecule has 0 spiro atoms. The third-order valence-electron chi connectivity index (χ3n) is 1.90. The van der Waals surface area contributed by atoms with E-state index in [1.54, 1.807) is 19.1 Å². The van der Waals surface area contributed by atoms with Gasteiger partial charge in [-0.3, -0.25) is 0 Å². The van der Waals surface area contributed by atoms with Crippen molar-refractivity contribution in [2.24, 2.45) is 0 Å². The molecule has 0 bridgehead atoms. The molecule has 0 aliphatic rings. The summed E-state index contributed by atoms with van der Waals surface area (Å²) in [6, 6.07) is 4.71. The Bertz CT molecular complexity index is 399. The van der Waals surface area contributed by atoms with Crippen molar-refractivity contribution < 1.29 is 18.7 Å². The van der Waals surface area contributed by atoms with E-state index in [0.717, 1.165) is 0 Å². The molecule has 0 heterocycles. The predicted octanol–water partition coefficient (Wildman–Crippen LogP) is 2.41. The Morgan fingerprint density at radius 2 is 2.25 bits per heavy atom. The summed E-state index contributed by atoms with van der Waals surface area (Å²) in [5, 5.41) is 0. The van der Waals surface area contributed by atoms with Gasteiger partial charge >= 0.3 is 5.97 Å². The van der Waals surface area contributed by atoms with Gasteiger partial charge in [0.15, 0.2) is 11.6 Å². The number of hydrogen-bond acceptors (Lipinski definition) is 3. The highest BCUT2D eigenvalue weighted by molar-refractivity contribution is 5.87. The van der Waals surface area contributed by atoms with Crippen LogP contribution >= 0.6 is 0 Å². The first kappa shape index (κ1) is 12.2. The lowest BCUT2D eigenvalue weighted by atomic mass is 10.2. The van der Waals surface area contributed by atoms with Gasteiger partial charge in [-0.2, -0.15) is 0 Å². The van der Waals surface area contributed by atoms with Crippen molar-refractivity contribution in [3.63, 3.8) is 0 Å². The van der Waals surface area contributed by atoms with Crippen LogP contribution in [0.2, 0.25) is 0 Å². The van der Waals surface area contributed by atoms with E-state index < -0.39 is 11.8 Å². The second-order valence-corrected chi connectivity index (χ2v) is 2.95. The van der Waals surface area contributed by atoms with Crippen molar-refractivity contribution in [2.45, 2.75) is 6.92 Å². The number of benzene rings is 1. The lowest BCUT2D eigenvalue weighted by Crippen LogP contribution is -1.99. The van der Waals surface area contributed by atoms with E-state index in [2.05, 4.69) is 4.74 Å². The van der Waals surface area contributed by atoms with Gasteiger partial charge in [-0.15, -0.1) is 0 Å². The average molecular weight is 224 g/mol. The van der Waals surface area contributed by atoms with E-state index in [1.807, 2.05) is 0 Å². The Morgan fingerprint density at radius 3 is 2.88 bits per heavy atom. The van der Waals surface area contributed by atoms with Crippen molar-refractivity contribution in [3.05, 3.63) is 35.7 Å². The molecule has 0 unspecified atom stereocenters. The molecule has 0 amide bonds. The molecule has 1 aromatic carbocycles. The SMILES string of the molecule is CCOC(=O)/C=C/c1cccc(OC)c1F. The zero-order valence-corrected chi connectivity index (χ0v) is 9.20. The van der Waals surface area contributed by atoms with Gasteiger partial charge in [-0.1, -0.05) is 12.1 Å². The Labute approximate surface area is 93.5 Å². The fraction of sp³-hybridized carbons (Fsp3) is 0.250. The maximum Gasteiger partial charge on any atom is 0.330 e. The molecule has 0 fully saturated rings. The van der Waals surface area contributed by atoms with Crippen molar-refractivity contribution >= 4 is 12.0 Å². The zero-order chi connectivity index (χ0) is 12.0. The molecule has 0 N–H and O–H groups in total. The van der Waals surface area contributed by atoms with E-state index in [0.29, 0.717) is 6.61 Å². The monoisotopic (exact) mass is 224 g/mol. The summed E-state index contributed by atoms with van der Waals surface area (Å²) in [6.07, 6.45) is 2.54. The van der Waals surface area contributed by atoms with Gasteiger partial charge in [0.05, 0.1) is 13.7 Å². The molecule has 0 aromatic heterocycles. The summed E-state index contributed by atoms with van der Waals surface area (Å²) in [7, 11) is 1.39. The minimum Gasteiger partial charge on any atom is -0.494 e. The molecule has 0 saturated heterocycles. The third-order valence-corrected chi connectivity index (χ3v) is 1.90. The van der Waals surface area contributed by atoms with Crippen LogP contribution in [0.25, 0.3) is 6.08 Å². The van der Waals surface area contributed by atoms with Crippen LogP contribution in [0, 0.1) is 5.82 Å². The number of hydrogen-bond donors (Lipinski definition) is 0. The van der Waals surface area contributed by atoms with Gasteiger partial charge in [0, 0.05) is 11.6 Å². The number of rotatable bonds is 4. The normalized spacial score (nSPS) is 10.4. The van der Waals surface area contributed by atoms with Gasteiger partial charge in [0.1, 0.15) is 0 Å². The second-order valence-electron chi connectivity index (χ2n) is 2.95. The van der Waals surface area contributed by atoms with Crippen LogP contribution in [-0.4, -0.2) is 19.7 Å². The largest absolute Gasteiger partial charge is 0.494 e. The first-order chi connectivity index (χ1) is 7.69. The lowest BCUT2D eigenvalue weighted by molar-refractivity contribution is -0.137. The van der Waals surface area contributed by atoms with Crippen LogP contribution in [0.1, 0.15) is 12.5 Å². The summed E-state index contributed by atoms with van der Waals surface area (Å²) < 4.78 is 23.1. The zero-order valence-electron chi connectivity index (χ0n) is 9.20. The summed E-state index contributed by atoms with van der Waals surface area (Å²) in [6.45, 7) is 2.00. The Morgan fingerprint density at radius 1 is 1.50 bits per heavy atom. The molecule has 0 saturated carbocycles. The highest BCUT2D eigenvalue weighted by Gasteiger charge is 2.05.